The molecule has 45 heavy (non-hydrogen) atoms. The van der Waals surface area contributed by atoms with Crippen LogP contribution < -0.4 is 4.90 Å². The van der Waals surface area contributed by atoms with Crippen molar-refractivity contribution in [2.75, 3.05) is 31.2 Å². The maximum atomic E-state index is 14.2. The first-order chi connectivity index (χ1) is 21.7. The molecule has 1 saturated carbocycles. The highest BCUT2D eigenvalue weighted by atomic mass is 16.6. The highest BCUT2D eigenvalue weighted by Gasteiger charge is 2.44. The minimum absolute atomic E-state index is 0.0568. The standard InChI is InChI=1S/C31H28N6O8/c38-31(23-10-11-27(28(19-23)37(43)44)33-12-14-45-15-13-33)34-30(22-6-2-8-25(18-22)36(41)42)26-9-3-5-21(29(26)32-34)16-20-4-1-7-24(17-20)35(39)40/h1-2,4,6-8,10-11,16-19,26,30H,3,5,9,12-15H2/b21-16-. The first-order valence-corrected chi connectivity index (χ1v) is 14.4. The van der Waals surface area contributed by atoms with Crippen molar-refractivity contribution in [1.29, 1.82) is 0 Å². The molecular formula is C31H28N6O8. The van der Waals surface area contributed by atoms with Gasteiger partial charge in [0.1, 0.15) is 5.69 Å². The van der Waals surface area contributed by atoms with Gasteiger partial charge in [0, 0.05) is 54.9 Å². The second-order valence-corrected chi connectivity index (χ2v) is 11.0. The molecule has 2 unspecified atom stereocenters. The van der Waals surface area contributed by atoms with E-state index in [9.17, 15) is 35.1 Å². The molecule has 0 aromatic heterocycles. The normalized spacial score (nSPS) is 20.4. The van der Waals surface area contributed by atoms with Crippen LogP contribution in [-0.4, -0.2) is 57.7 Å². The number of non-ortho nitro benzene ring substituents is 2. The number of hydrazone groups is 1. The number of fused-ring (bicyclic) bond motifs is 1. The molecule has 14 heteroatoms. The number of nitro groups is 3. The van der Waals surface area contributed by atoms with Crippen LogP contribution >= 0.6 is 0 Å². The van der Waals surface area contributed by atoms with Gasteiger partial charge in [0.2, 0.25) is 0 Å². The zero-order chi connectivity index (χ0) is 31.7. The molecule has 1 saturated heterocycles. The third-order valence-corrected chi connectivity index (χ3v) is 8.32. The molecular weight excluding hydrogens is 584 g/mol. The number of benzene rings is 3. The number of carbonyl (C=O) groups is 1. The first-order valence-electron chi connectivity index (χ1n) is 14.4. The molecule has 0 bridgehead atoms. The molecule has 230 valence electrons. The van der Waals surface area contributed by atoms with Crippen LogP contribution in [0.25, 0.3) is 6.08 Å². The number of nitro benzene ring substituents is 3. The van der Waals surface area contributed by atoms with E-state index in [1.807, 2.05) is 11.0 Å². The van der Waals surface area contributed by atoms with E-state index in [0.29, 0.717) is 61.7 Å². The van der Waals surface area contributed by atoms with Crippen molar-refractivity contribution in [2.24, 2.45) is 11.0 Å². The molecule has 3 aromatic carbocycles. The molecule has 6 rings (SSSR count). The van der Waals surface area contributed by atoms with Crippen molar-refractivity contribution in [3.8, 4) is 0 Å². The van der Waals surface area contributed by atoms with Gasteiger partial charge in [-0.15, -0.1) is 0 Å². The molecule has 0 radical (unpaired) electrons. The number of nitrogens with zero attached hydrogens (tertiary/aromatic N) is 6. The summed E-state index contributed by atoms with van der Waals surface area (Å²) in [6.07, 6.45) is 3.80. The van der Waals surface area contributed by atoms with Crippen molar-refractivity contribution >= 4 is 40.4 Å². The van der Waals surface area contributed by atoms with Crippen molar-refractivity contribution in [3.63, 3.8) is 0 Å². The Kier molecular flexibility index (Phi) is 8.04. The average Bonchev–Trinajstić information content (AvgIpc) is 3.45. The fourth-order valence-corrected chi connectivity index (χ4v) is 6.26. The van der Waals surface area contributed by atoms with Crippen LogP contribution in [0.5, 0.6) is 0 Å². The number of hydrogen-bond acceptors (Lipinski definition) is 10. The van der Waals surface area contributed by atoms with Gasteiger partial charge in [-0.2, -0.15) is 5.10 Å². The van der Waals surface area contributed by atoms with Crippen molar-refractivity contribution in [2.45, 2.75) is 25.3 Å². The lowest BCUT2D eigenvalue weighted by molar-refractivity contribution is -0.385. The van der Waals surface area contributed by atoms with Crippen molar-refractivity contribution in [1.82, 2.24) is 5.01 Å². The maximum Gasteiger partial charge on any atom is 0.293 e. The van der Waals surface area contributed by atoms with Crippen LogP contribution in [0.15, 0.2) is 77.4 Å². The lowest BCUT2D eigenvalue weighted by Gasteiger charge is -2.30. The van der Waals surface area contributed by atoms with E-state index in [0.717, 1.165) is 12.0 Å². The van der Waals surface area contributed by atoms with Crippen LogP contribution in [0.2, 0.25) is 0 Å². The number of anilines is 1. The Hall–Kier alpha value is -5.50. The topological polar surface area (TPSA) is 175 Å². The molecule has 0 spiro atoms. The summed E-state index contributed by atoms with van der Waals surface area (Å²) in [7, 11) is 0. The van der Waals surface area contributed by atoms with E-state index in [4.69, 9.17) is 9.84 Å². The Balaban J connectivity index is 1.43. The molecule has 2 aliphatic heterocycles. The highest BCUT2D eigenvalue weighted by Crippen LogP contribution is 2.46. The third-order valence-electron chi connectivity index (χ3n) is 8.32. The monoisotopic (exact) mass is 612 g/mol. The lowest BCUT2D eigenvalue weighted by atomic mass is 9.77. The minimum Gasteiger partial charge on any atom is -0.378 e. The van der Waals surface area contributed by atoms with Gasteiger partial charge < -0.3 is 9.64 Å². The number of amides is 1. The van der Waals surface area contributed by atoms with E-state index in [1.165, 1.54) is 41.4 Å². The van der Waals surface area contributed by atoms with E-state index in [2.05, 4.69) is 0 Å². The predicted molar refractivity (Wildman–Crippen MR) is 164 cm³/mol. The molecule has 3 aromatic rings. The van der Waals surface area contributed by atoms with Gasteiger partial charge >= 0.3 is 0 Å². The molecule has 2 atom stereocenters. The SMILES string of the molecule is O=C(c1ccc(N2CCOCC2)c([N+](=O)[O-])c1)N1N=C2/C(=C\c3cccc([N+](=O)[O-])c3)CCCC2C1c1cccc([N+](=O)[O-])c1. The molecule has 0 N–H and O–H groups in total. The zero-order valence-corrected chi connectivity index (χ0v) is 24.0. The van der Waals surface area contributed by atoms with Gasteiger partial charge in [-0.1, -0.05) is 24.3 Å². The highest BCUT2D eigenvalue weighted by molar-refractivity contribution is 6.09. The molecule has 3 aliphatic rings. The summed E-state index contributed by atoms with van der Waals surface area (Å²) in [5.41, 5.74) is 2.56. The minimum atomic E-state index is -0.709. The fourth-order valence-electron chi connectivity index (χ4n) is 6.26. The summed E-state index contributed by atoms with van der Waals surface area (Å²) in [5, 5.41) is 41.2. The fraction of sp³-hybridized carbons (Fsp3) is 0.290. The Morgan fingerprint density at radius 3 is 2.31 bits per heavy atom. The number of ether oxygens (including phenoxy) is 1. The number of rotatable bonds is 7. The van der Waals surface area contributed by atoms with Gasteiger partial charge in [0.15, 0.2) is 0 Å². The van der Waals surface area contributed by atoms with Crippen LogP contribution in [-0.2, 0) is 4.74 Å². The molecule has 2 fully saturated rings. The maximum absolute atomic E-state index is 14.2. The Morgan fingerprint density at radius 2 is 1.60 bits per heavy atom. The summed E-state index contributed by atoms with van der Waals surface area (Å²) in [6, 6.07) is 15.9. The summed E-state index contributed by atoms with van der Waals surface area (Å²) in [6.45, 7) is 1.82. The van der Waals surface area contributed by atoms with Gasteiger partial charge in [-0.05, 0) is 54.2 Å². The lowest BCUT2D eigenvalue weighted by Crippen LogP contribution is -2.36. The van der Waals surface area contributed by atoms with E-state index in [-0.39, 0.29) is 28.5 Å². The second kappa shape index (κ2) is 12.2. The summed E-state index contributed by atoms with van der Waals surface area (Å²) in [4.78, 5) is 49.6. The van der Waals surface area contributed by atoms with Gasteiger partial charge in [-0.3, -0.25) is 35.1 Å². The summed E-state index contributed by atoms with van der Waals surface area (Å²) in [5.74, 6) is -0.906. The van der Waals surface area contributed by atoms with Crippen LogP contribution in [0.4, 0.5) is 22.7 Å². The van der Waals surface area contributed by atoms with Gasteiger partial charge in [-0.25, -0.2) is 5.01 Å². The number of morpholine rings is 1. The Labute approximate surface area is 256 Å². The number of carbonyl (C=O) groups excluding carboxylic acids is 1. The number of allylic oxidation sites excluding steroid dienone is 1. The predicted octanol–water partition coefficient (Wildman–Crippen LogP) is 5.68. The quantitative estimate of drug-likeness (QED) is 0.240. The average molecular weight is 613 g/mol. The molecule has 2 heterocycles. The van der Waals surface area contributed by atoms with Crippen molar-refractivity contribution < 1.29 is 24.3 Å². The van der Waals surface area contributed by atoms with E-state index in [1.54, 1.807) is 30.3 Å². The van der Waals surface area contributed by atoms with Gasteiger partial charge in [0.25, 0.3) is 23.0 Å². The first kappa shape index (κ1) is 29.6. The Morgan fingerprint density at radius 1 is 0.889 bits per heavy atom. The zero-order valence-electron chi connectivity index (χ0n) is 24.0. The Bertz CT molecular complexity index is 1770. The van der Waals surface area contributed by atoms with Crippen LogP contribution in [0, 0.1) is 36.3 Å². The summed E-state index contributed by atoms with van der Waals surface area (Å²) < 4.78 is 5.37. The third kappa shape index (κ3) is 5.87. The summed E-state index contributed by atoms with van der Waals surface area (Å²) >= 11 is 0. The largest absolute Gasteiger partial charge is 0.378 e. The molecule has 1 aliphatic carbocycles. The van der Waals surface area contributed by atoms with Gasteiger partial charge in [0.05, 0.1) is 39.7 Å². The van der Waals surface area contributed by atoms with Crippen LogP contribution in [0.1, 0.15) is 46.8 Å². The molecule has 1 amide bonds. The van der Waals surface area contributed by atoms with Crippen LogP contribution in [0.3, 0.4) is 0 Å². The second-order valence-electron chi connectivity index (χ2n) is 11.0. The smallest absolute Gasteiger partial charge is 0.293 e. The van der Waals surface area contributed by atoms with E-state index < -0.39 is 26.7 Å². The van der Waals surface area contributed by atoms with E-state index >= 15 is 0 Å². The number of hydrogen-bond donors (Lipinski definition) is 0. The molecule has 14 nitrogen and oxygen atoms in total. The van der Waals surface area contributed by atoms with Crippen molar-refractivity contribution in [3.05, 3.63) is 119 Å².